The van der Waals surface area contributed by atoms with Gasteiger partial charge in [-0.25, -0.2) is 4.39 Å². The summed E-state index contributed by atoms with van der Waals surface area (Å²) in [5, 5.41) is 0. The van der Waals surface area contributed by atoms with E-state index >= 15 is 0 Å². The van der Waals surface area contributed by atoms with Crippen LogP contribution in [0.5, 0.6) is 0 Å². The monoisotopic (exact) mass is 278 g/mol. The van der Waals surface area contributed by atoms with Gasteiger partial charge in [-0.3, -0.25) is 4.79 Å². The molecule has 1 aliphatic rings. The normalized spacial score (nSPS) is 16.8. The molecule has 0 saturated carbocycles. The minimum Gasteiger partial charge on any atom is -0.371 e. The lowest BCUT2D eigenvalue weighted by molar-refractivity contribution is 0.101. The van der Waals surface area contributed by atoms with Crippen LogP contribution in [0.1, 0.15) is 30.1 Å². The van der Waals surface area contributed by atoms with Crippen LogP contribution in [0.25, 0.3) is 0 Å². The summed E-state index contributed by atoms with van der Waals surface area (Å²) >= 11 is 0. The van der Waals surface area contributed by atoms with Gasteiger partial charge in [-0.2, -0.15) is 0 Å². The first-order valence-electron chi connectivity index (χ1n) is 7.18. The van der Waals surface area contributed by atoms with Gasteiger partial charge in [0.05, 0.1) is 11.3 Å². The van der Waals surface area contributed by atoms with Crippen LogP contribution < -0.4 is 4.90 Å². The Labute approximate surface area is 120 Å². The standard InChI is InChI=1S/C16H23FN2O/c1-12(20)16-14(17)5-4-6-15(16)19-9-7-13(8-10-19)11-18(2)3/h4-6,13H,7-11H2,1-3H3. The van der Waals surface area contributed by atoms with Crippen molar-refractivity contribution in [1.82, 2.24) is 4.90 Å². The Hall–Kier alpha value is -1.42. The molecule has 0 unspecified atom stereocenters. The molecule has 1 aliphatic heterocycles. The Bertz CT molecular complexity index is 479. The molecular formula is C16H23FN2O. The molecule has 1 aromatic carbocycles. The van der Waals surface area contributed by atoms with Crippen LogP contribution in [0, 0.1) is 11.7 Å². The van der Waals surface area contributed by atoms with Gasteiger partial charge in [0.25, 0.3) is 0 Å². The Balaban J connectivity index is 2.11. The highest BCUT2D eigenvalue weighted by Gasteiger charge is 2.23. The third kappa shape index (κ3) is 3.37. The van der Waals surface area contributed by atoms with Crippen molar-refractivity contribution in [3.8, 4) is 0 Å². The fourth-order valence-electron chi connectivity index (χ4n) is 3.00. The molecule has 20 heavy (non-hydrogen) atoms. The van der Waals surface area contributed by atoms with Gasteiger partial charge < -0.3 is 9.80 Å². The van der Waals surface area contributed by atoms with Crippen LogP contribution in [0.15, 0.2) is 18.2 Å². The number of halogens is 1. The average Bonchev–Trinajstić information content (AvgIpc) is 2.38. The molecule has 0 amide bonds. The molecule has 1 fully saturated rings. The van der Waals surface area contributed by atoms with Crippen molar-refractivity contribution >= 4 is 11.5 Å². The van der Waals surface area contributed by atoms with Gasteiger partial charge in [0.1, 0.15) is 5.82 Å². The molecule has 0 aromatic heterocycles. The number of hydrogen-bond acceptors (Lipinski definition) is 3. The summed E-state index contributed by atoms with van der Waals surface area (Å²) in [6.45, 7) is 4.31. The van der Waals surface area contributed by atoms with Crippen LogP contribution in [0.3, 0.4) is 0 Å². The molecule has 1 aromatic rings. The quantitative estimate of drug-likeness (QED) is 0.791. The zero-order chi connectivity index (χ0) is 14.7. The van der Waals surface area contributed by atoms with Crippen LogP contribution in [0.4, 0.5) is 10.1 Å². The van der Waals surface area contributed by atoms with E-state index in [4.69, 9.17) is 0 Å². The maximum atomic E-state index is 13.9. The first kappa shape index (κ1) is 15.0. The number of anilines is 1. The van der Waals surface area contributed by atoms with Gasteiger partial charge in [-0.05, 0) is 51.9 Å². The largest absolute Gasteiger partial charge is 0.371 e. The molecule has 1 heterocycles. The van der Waals surface area contributed by atoms with Gasteiger partial charge in [0.2, 0.25) is 0 Å². The summed E-state index contributed by atoms with van der Waals surface area (Å²) in [6.07, 6.45) is 2.18. The average molecular weight is 278 g/mol. The maximum Gasteiger partial charge on any atom is 0.164 e. The molecule has 0 radical (unpaired) electrons. The second-order valence-electron chi connectivity index (χ2n) is 5.88. The highest BCUT2D eigenvalue weighted by molar-refractivity contribution is 6.00. The Morgan fingerprint density at radius 2 is 2.00 bits per heavy atom. The summed E-state index contributed by atoms with van der Waals surface area (Å²) in [5.74, 6) is 0.0783. The zero-order valence-electron chi connectivity index (χ0n) is 12.5. The van der Waals surface area contributed by atoms with E-state index in [1.807, 2.05) is 6.07 Å². The fourth-order valence-corrected chi connectivity index (χ4v) is 3.00. The highest BCUT2D eigenvalue weighted by atomic mass is 19.1. The number of Topliss-reactive ketones (excluding diaryl/α,β-unsaturated/α-hetero) is 1. The summed E-state index contributed by atoms with van der Waals surface area (Å²) in [7, 11) is 4.18. The smallest absolute Gasteiger partial charge is 0.164 e. The number of rotatable bonds is 4. The van der Waals surface area contributed by atoms with Crippen LogP contribution >= 0.6 is 0 Å². The molecule has 2 rings (SSSR count). The van der Waals surface area contributed by atoms with Crippen molar-refractivity contribution < 1.29 is 9.18 Å². The second kappa shape index (κ2) is 6.35. The van der Waals surface area contributed by atoms with Gasteiger partial charge in [0.15, 0.2) is 5.78 Å². The predicted octanol–water partition coefficient (Wildman–Crippen LogP) is 2.81. The summed E-state index contributed by atoms with van der Waals surface area (Å²) in [5.41, 5.74) is 0.986. The van der Waals surface area contributed by atoms with Crippen LogP contribution in [-0.2, 0) is 0 Å². The van der Waals surface area contributed by atoms with E-state index in [-0.39, 0.29) is 11.3 Å². The van der Waals surface area contributed by atoms with Crippen molar-refractivity contribution in [2.24, 2.45) is 5.92 Å². The third-order valence-corrected chi connectivity index (χ3v) is 3.92. The van der Waals surface area contributed by atoms with Gasteiger partial charge >= 0.3 is 0 Å². The van der Waals surface area contributed by atoms with Gasteiger partial charge in [0, 0.05) is 19.6 Å². The van der Waals surface area contributed by atoms with Crippen molar-refractivity contribution in [2.45, 2.75) is 19.8 Å². The summed E-state index contributed by atoms with van der Waals surface area (Å²) in [6, 6.07) is 4.90. The molecule has 4 heteroatoms. The van der Waals surface area contributed by atoms with Crippen molar-refractivity contribution in [3.63, 3.8) is 0 Å². The van der Waals surface area contributed by atoms with E-state index in [1.165, 1.54) is 13.0 Å². The molecule has 0 spiro atoms. The third-order valence-electron chi connectivity index (χ3n) is 3.92. The summed E-state index contributed by atoms with van der Waals surface area (Å²) in [4.78, 5) is 16.0. The highest BCUT2D eigenvalue weighted by Crippen LogP contribution is 2.28. The van der Waals surface area contributed by atoms with E-state index in [1.54, 1.807) is 6.07 Å². The minimum atomic E-state index is -0.412. The van der Waals surface area contributed by atoms with Crippen molar-refractivity contribution in [1.29, 1.82) is 0 Å². The number of piperidine rings is 1. The van der Waals surface area contributed by atoms with E-state index in [0.717, 1.165) is 38.2 Å². The Morgan fingerprint density at radius 1 is 1.35 bits per heavy atom. The Kier molecular flexibility index (Phi) is 4.76. The molecule has 0 aliphatic carbocycles. The molecule has 0 N–H and O–H groups in total. The minimum absolute atomic E-state index is 0.200. The van der Waals surface area contributed by atoms with E-state index in [0.29, 0.717) is 5.92 Å². The number of nitrogens with zero attached hydrogens (tertiary/aromatic N) is 2. The van der Waals surface area contributed by atoms with E-state index in [9.17, 15) is 9.18 Å². The van der Waals surface area contributed by atoms with Crippen molar-refractivity contribution in [3.05, 3.63) is 29.6 Å². The van der Waals surface area contributed by atoms with Crippen LogP contribution in [0.2, 0.25) is 0 Å². The molecular weight excluding hydrogens is 255 g/mol. The van der Waals surface area contributed by atoms with Crippen LogP contribution in [-0.4, -0.2) is 44.4 Å². The number of carbonyl (C=O) groups excluding carboxylic acids is 1. The first-order chi connectivity index (χ1) is 9.49. The molecule has 0 bridgehead atoms. The van der Waals surface area contributed by atoms with E-state index < -0.39 is 5.82 Å². The lowest BCUT2D eigenvalue weighted by Crippen LogP contribution is -2.37. The van der Waals surface area contributed by atoms with Gasteiger partial charge in [-0.1, -0.05) is 6.07 Å². The molecule has 3 nitrogen and oxygen atoms in total. The van der Waals surface area contributed by atoms with Crippen molar-refractivity contribution in [2.75, 3.05) is 38.6 Å². The molecule has 110 valence electrons. The zero-order valence-corrected chi connectivity index (χ0v) is 12.5. The van der Waals surface area contributed by atoms with Gasteiger partial charge in [-0.15, -0.1) is 0 Å². The lowest BCUT2D eigenvalue weighted by Gasteiger charge is -2.35. The second-order valence-corrected chi connectivity index (χ2v) is 5.88. The SMILES string of the molecule is CC(=O)c1c(F)cccc1N1CCC(CN(C)C)CC1. The molecule has 0 atom stereocenters. The topological polar surface area (TPSA) is 23.6 Å². The lowest BCUT2D eigenvalue weighted by atomic mass is 9.95. The van der Waals surface area contributed by atoms with E-state index in [2.05, 4.69) is 23.9 Å². The Morgan fingerprint density at radius 3 is 2.55 bits per heavy atom. The number of carbonyl (C=O) groups is 1. The number of hydrogen-bond donors (Lipinski definition) is 0. The molecule has 1 saturated heterocycles. The maximum absolute atomic E-state index is 13.9. The summed E-state index contributed by atoms with van der Waals surface area (Å²) < 4.78 is 13.9. The fraction of sp³-hybridized carbons (Fsp3) is 0.562. The number of ketones is 1. The first-order valence-corrected chi connectivity index (χ1v) is 7.18. The predicted molar refractivity (Wildman–Crippen MR) is 79.9 cm³/mol. The number of benzene rings is 1.